The molecule has 0 N–H and O–H groups in total. The summed E-state index contributed by atoms with van der Waals surface area (Å²) in [6, 6.07) is 3.72. The van der Waals surface area contributed by atoms with Gasteiger partial charge in [0.1, 0.15) is 5.60 Å². The van der Waals surface area contributed by atoms with E-state index in [1.165, 1.54) is 31.0 Å². The standard InChI is InChI=1S/C14H28O2Si/c1-6-17(7-2,8-3)16-13-11(4)9-10-12-14(13,5)15-12/h11-13H,6-10H2,1-5H3/t11-,12+,13-,14+/m1/s1. The molecule has 2 nitrogen and oxygen atoms in total. The first-order valence-corrected chi connectivity index (χ1v) is 9.90. The molecule has 0 amide bonds. The smallest absolute Gasteiger partial charge is 0.192 e. The van der Waals surface area contributed by atoms with Crippen molar-refractivity contribution in [3.8, 4) is 0 Å². The van der Waals surface area contributed by atoms with Gasteiger partial charge in [-0.3, -0.25) is 0 Å². The number of rotatable bonds is 5. The molecule has 0 aromatic carbocycles. The number of ether oxygens (including phenoxy) is 1. The van der Waals surface area contributed by atoms with Crippen molar-refractivity contribution in [2.45, 2.75) is 83.4 Å². The van der Waals surface area contributed by atoms with Crippen molar-refractivity contribution in [1.29, 1.82) is 0 Å². The summed E-state index contributed by atoms with van der Waals surface area (Å²) in [5.74, 6) is 0.662. The van der Waals surface area contributed by atoms with Crippen LogP contribution in [0, 0.1) is 5.92 Å². The Labute approximate surface area is 107 Å². The van der Waals surface area contributed by atoms with Crippen LogP contribution >= 0.6 is 0 Å². The molecule has 1 aliphatic carbocycles. The molecule has 4 atom stereocenters. The lowest BCUT2D eigenvalue weighted by Gasteiger charge is -2.40. The number of epoxide rings is 1. The molecule has 0 unspecified atom stereocenters. The van der Waals surface area contributed by atoms with Gasteiger partial charge in [-0.15, -0.1) is 0 Å². The molecule has 1 heterocycles. The van der Waals surface area contributed by atoms with Gasteiger partial charge in [0.25, 0.3) is 0 Å². The Balaban J connectivity index is 2.10. The monoisotopic (exact) mass is 256 g/mol. The van der Waals surface area contributed by atoms with Gasteiger partial charge >= 0.3 is 0 Å². The zero-order valence-electron chi connectivity index (χ0n) is 12.1. The molecule has 0 spiro atoms. The quantitative estimate of drug-likeness (QED) is 0.548. The highest BCUT2D eigenvalue weighted by atomic mass is 28.4. The average Bonchev–Trinajstić information content (AvgIpc) is 3.02. The molecule has 0 bridgehead atoms. The molecule has 2 rings (SSSR count). The van der Waals surface area contributed by atoms with Gasteiger partial charge in [0.15, 0.2) is 8.32 Å². The van der Waals surface area contributed by atoms with Gasteiger partial charge < -0.3 is 9.16 Å². The predicted molar refractivity (Wildman–Crippen MR) is 73.7 cm³/mol. The minimum atomic E-state index is -1.49. The molecule has 17 heavy (non-hydrogen) atoms. The number of fused-ring (bicyclic) bond motifs is 1. The SMILES string of the molecule is CC[Si](CC)(CC)O[C@@H]1[C@H](C)CC[C@@H]2O[C@@]21C. The Hall–Kier alpha value is 0.137. The first kappa shape index (κ1) is 13.6. The van der Waals surface area contributed by atoms with Crippen molar-refractivity contribution < 1.29 is 9.16 Å². The van der Waals surface area contributed by atoms with Crippen LogP contribution < -0.4 is 0 Å². The average molecular weight is 256 g/mol. The van der Waals surface area contributed by atoms with Crippen molar-refractivity contribution in [2.75, 3.05) is 0 Å². The van der Waals surface area contributed by atoms with Crippen LogP contribution in [-0.4, -0.2) is 26.1 Å². The highest BCUT2D eigenvalue weighted by Crippen LogP contribution is 2.51. The van der Waals surface area contributed by atoms with Gasteiger partial charge in [-0.25, -0.2) is 0 Å². The molecule has 1 aliphatic heterocycles. The second-order valence-electron chi connectivity index (χ2n) is 6.13. The zero-order chi connectivity index (χ0) is 12.7. The minimum Gasteiger partial charge on any atom is -0.411 e. The first-order valence-electron chi connectivity index (χ1n) is 7.37. The van der Waals surface area contributed by atoms with E-state index in [1.54, 1.807) is 0 Å². The van der Waals surface area contributed by atoms with E-state index in [2.05, 4.69) is 34.6 Å². The second kappa shape index (κ2) is 4.67. The van der Waals surface area contributed by atoms with E-state index in [0.717, 1.165) is 0 Å². The van der Waals surface area contributed by atoms with Crippen LogP contribution in [0.2, 0.25) is 18.1 Å². The van der Waals surface area contributed by atoms with Crippen LogP contribution in [0.15, 0.2) is 0 Å². The van der Waals surface area contributed by atoms with E-state index in [9.17, 15) is 0 Å². The minimum absolute atomic E-state index is 0.0510. The van der Waals surface area contributed by atoms with Gasteiger partial charge in [-0.1, -0.05) is 27.7 Å². The molecular formula is C14H28O2Si. The number of hydrogen-bond donors (Lipinski definition) is 0. The van der Waals surface area contributed by atoms with Crippen LogP contribution in [0.3, 0.4) is 0 Å². The summed E-state index contributed by atoms with van der Waals surface area (Å²) in [6.45, 7) is 11.5. The fourth-order valence-corrected chi connectivity index (χ4v) is 6.51. The molecule has 2 fully saturated rings. The Kier molecular flexibility index (Phi) is 3.73. The van der Waals surface area contributed by atoms with Gasteiger partial charge in [0.2, 0.25) is 0 Å². The molecule has 0 radical (unpaired) electrons. The normalized spacial score (nSPS) is 41.1. The van der Waals surface area contributed by atoms with Gasteiger partial charge in [0.05, 0.1) is 12.2 Å². The van der Waals surface area contributed by atoms with Crippen molar-refractivity contribution in [3.63, 3.8) is 0 Å². The highest BCUT2D eigenvalue weighted by Gasteiger charge is 2.62. The topological polar surface area (TPSA) is 21.8 Å². The van der Waals surface area contributed by atoms with Crippen LogP contribution in [0.1, 0.15) is 47.5 Å². The van der Waals surface area contributed by atoms with E-state index in [1.807, 2.05) is 0 Å². The fraction of sp³-hybridized carbons (Fsp3) is 1.00. The first-order chi connectivity index (χ1) is 8.01. The zero-order valence-corrected chi connectivity index (χ0v) is 13.1. The third-order valence-corrected chi connectivity index (χ3v) is 9.87. The van der Waals surface area contributed by atoms with Crippen molar-refractivity contribution in [2.24, 2.45) is 5.92 Å². The maximum Gasteiger partial charge on any atom is 0.192 e. The Morgan fingerprint density at radius 1 is 1.18 bits per heavy atom. The molecule has 3 heteroatoms. The number of hydrogen-bond acceptors (Lipinski definition) is 2. The van der Waals surface area contributed by atoms with E-state index < -0.39 is 8.32 Å². The molecule has 1 saturated carbocycles. The van der Waals surface area contributed by atoms with E-state index in [-0.39, 0.29) is 5.60 Å². The largest absolute Gasteiger partial charge is 0.411 e. The third kappa shape index (κ3) is 2.22. The van der Waals surface area contributed by atoms with Gasteiger partial charge in [0, 0.05) is 0 Å². The van der Waals surface area contributed by atoms with Crippen molar-refractivity contribution in [3.05, 3.63) is 0 Å². The van der Waals surface area contributed by atoms with Crippen molar-refractivity contribution >= 4 is 8.32 Å². The second-order valence-corrected chi connectivity index (χ2v) is 10.9. The van der Waals surface area contributed by atoms with E-state index >= 15 is 0 Å². The summed E-state index contributed by atoms with van der Waals surface area (Å²) in [5, 5.41) is 0. The Bertz CT molecular complexity index is 269. The van der Waals surface area contributed by atoms with Crippen LogP contribution in [0.5, 0.6) is 0 Å². The molecule has 0 aromatic heterocycles. The molecule has 2 aliphatic rings. The molecule has 1 saturated heterocycles. The van der Waals surface area contributed by atoms with Crippen LogP contribution in [0.4, 0.5) is 0 Å². The van der Waals surface area contributed by atoms with E-state index in [0.29, 0.717) is 18.1 Å². The predicted octanol–water partition coefficient (Wildman–Crippen LogP) is 3.96. The summed E-state index contributed by atoms with van der Waals surface area (Å²) in [4.78, 5) is 0. The maximum atomic E-state index is 6.71. The molecular weight excluding hydrogens is 228 g/mol. The fourth-order valence-electron chi connectivity index (χ4n) is 3.50. The third-order valence-electron chi connectivity index (χ3n) is 5.25. The van der Waals surface area contributed by atoms with Crippen molar-refractivity contribution in [1.82, 2.24) is 0 Å². The lowest BCUT2D eigenvalue weighted by Crippen LogP contribution is -2.49. The van der Waals surface area contributed by atoms with E-state index in [4.69, 9.17) is 9.16 Å². The van der Waals surface area contributed by atoms with Crippen LogP contribution in [-0.2, 0) is 9.16 Å². The Morgan fingerprint density at radius 2 is 1.76 bits per heavy atom. The van der Waals surface area contributed by atoms with Gasteiger partial charge in [-0.2, -0.15) is 0 Å². The maximum absolute atomic E-state index is 6.71. The Morgan fingerprint density at radius 3 is 2.29 bits per heavy atom. The summed E-state index contributed by atoms with van der Waals surface area (Å²) >= 11 is 0. The summed E-state index contributed by atoms with van der Waals surface area (Å²) in [7, 11) is -1.49. The lowest BCUT2D eigenvalue weighted by molar-refractivity contribution is 0.0467. The summed E-state index contributed by atoms with van der Waals surface area (Å²) in [5.41, 5.74) is 0.0510. The lowest BCUT2D eigenvalue weighted by atomic mass is 9.81. The summed E-state index contributed by atoms with van der Waals surface area (Å²) in [6.07, 6.45) is 3.34. The highest BCUT2D eigenvalue weighted by molar-refractivity contribution is 6.73. The van der Waals surface area contributed by atoms with Crippen LogP contribution in [0.25, 0.3) is 0 Å². The van der Waals surface area contributed by atoms with Gasteiger partial charge in [-0.05, 0) is 43.8 Å². The molecule has 100 valence electrons. The summed E-state index contributed by atoms with van der Waals surface area (Å²) < 4.78 is 12.6. The molecule has 0 aromatic rings.